The Labute approximate surface area is 148 Å². The number of nitrogens with zero attached hydrogens (tertiary/aromatic N) is 2. The average Bonchev–Trinajstić information content (AvgIpc) is 3.08. The maximum atomic E-state index is 12.9. The van der Waals surface area contributed by atoms with E-state index >= 15 is 0 Å². The van der Waals surface area contributed by atoms with Gasteiger partial charge in [-0.1, -0.05) is 0 Å². The van der Waals surface area contributed by atoms with E-state index in [4.69, 9.17) is 9.47 Å². The first kappa shape index (κ1) is 16.9. The summed E-state index contributed by atoms with van der Waals surface area (Å²) < 4.78 is 11.3. The third-order valence-electron chi connectivity index (χ3n) is 5.97. The Kier molecular flexibility index (Phi) is 5.01. The Morgan fingerprint density at radius 2 is 2.08 bits per heavy atom. The number of amides is 1. The summed E-state index contributed by atoms with van der Waals surface area (Å²) in [6.07, 6.45) is 3.95. The predicted molar refractivity (Wildman–Crippen MR) is 94.3 cm³/mol. The Bertz CT molecular complexity index is 618. The fourth-order valence-corrected chi connectivity index (χ4v) is 4.49. The summed E-state index contributed by atoms with van der Waals surface area (Å²) in [4.78, 5) is 19.7. The molecule has 136 valence electrons. The molecule has 3 fully saturated rings. The van der Waals surface area contributed by atoms with Crippen molar-refractivity contribution in [2.24, 2.45) is 17.8 Å². The number of aromatic nitrogens is 1. The number of carbonyl (C=O) groups is 1. The lowest BCUT2D eigenvalue weighted by Gasteiger charge is -2.32. The molecule has 0 radical (unpaired) electrons. The number of hydrogen-bond acceptors (Lipinski definition) is 5. The molecular weight excluding hydrogens is 318 g/mol. The second kappa shape index (κ2) is 7.40. The molecule has 0 spiro atoms. The molecule has 3 aliphatic rings. The number of nitrogens with one attached hydrogen (secondary N) is 1. The Morgan fingerprint density at radius 1 is 1.24 bits per heavy atom. The van der Waals surface area contributed by atoms with E-state index in [1.165, 1.54) is 0 Å². The van der Waals surface area contributed by atoms with Crippen LogP contribution < -0.4 is 5.32 Å². The van der Waals surface area contributed by atoms with Gasteiger partial charge in [0.25, 0.3) is 0 Å². The molecule has 6 nitrogen and oxygen atoms in total. The van der Waals surface area contributed by atoms with Crippen molar-refractivity contribution in [2.45, 2.75) is 25.8 Å². The number of aryl methyl sites for hydroxylation is 1. The minimum absolute atomic E-state index is 0.0691. The van der Waals surface area contributed by atoms with Gasteiger partial charge in [0.1, 0.15) is 0 Å². The first-order chi connectivity index (χ1) is 12.2. The third-order valence-corrected chi connectivity index (χ3v) is 5.97. The van der Waals surface area contributed by atoms with Crippen LogP contribution in [0.15, 0.2) is 18.3 Å². The van der Waals surface area contributed by atoms with E-state index in [2.05, 4.69) is 15.2 Å². The summed E-state index contributed by atoms with van der Waals surface area (Å²) in [6, 6.07) is 4.36. The van der Waals surface area contributed by atoms with E-state index in [9.17, 15) is 4.79 Å². The molecule has 4 heterocycles. The average molecular weight is 345 g/mol. The van der Waals surface area contributed by atoms with E-state index < -0.39 is 0 Å². The SMILES string of the molecule is Cc1ncccc1NC(=O)[C@H]1COC[C@H]2CN(C3CCOCC3)C[C@H]21. The van der Waals surface area contributed by atoms with Gasteiger partial charge in [0.2, 0.25) is 5.91 Å². The molecule has 0 aromatic carbocycles. The highest BCUT2D eigenvalue weighted by Crippen LogP contribution is 2.37. The van der Waals surface area contributed by atoms with Gasteiger partial charge in [-0.2, -0.15) is 0 Å². The molecule has 0 saturated carbocycles. The molecule has 0 bridgehead atoms. The fourth-order valence-electron chi connectivity index (χ4n) is 4.49. The molecule has 4 rings (SSSR count). The maximum Gasteiger partial charge on any atom is 0.230 e. The van der Waals surface area contributed by atoms with Crippen molar-refractivity contribution in [3.63, 3.8) is 0 Å². The van der Waals surface area contributed by atoms with Gasteiger partial charge in [-0.05, 0) is 43.7 Å². The van der Waals surface area contributed by atoms with E-state index in [0.29, 0.717) is 24.5 Å². The highest BCUT2D eigenvalue weighted by atomic mass is 16.5. The number of likely N-dealkylation sites (tertiary alicyclic amines) is 1. The molecule has 1 aromatic rings. The van der Waals surface area contributed by atoms with Gasteiger partial charge >= 0.3 is 0 Å². The zero-order valence-corrected chi connectivity index (χ0v) is 14.8. The van der Waals surface area contributed by atoms with Crippen molar-refractivity contribution >= 4 is 11.6 Å². The first-order valence-corrected chi connectivity index (χ1v) is 9.34. The fraction of sp³-hybridized carbons (Fsp3) is 0.684. The van der Waals surface area contributed by atoms with Crippen LogP contribution in [0.4, 0.5) is 5.69 Å². The normalized spacial score (nSPS) is 30.8. The lowest BCUT2D eigenvalue weighted by atomic mass is 9.82. The standard InChI is InChI=1S/C19H27N3O3/c1-13-18(3-2-6-20-13)21-19(23)17-12-25-11-14-9-22(10-16(14)17)15-4-7-24-8-5-15/h2-3,6,14-17H,4-5,7-12H2,1H3,(H,21,23)/t14-,16-,17+/m1/s1. The molecule has 1 amide bonds. The van der Waals surface area contributed by atoms with E-state index in [0.717, 1.165) is 57.1 Å². The van der Waals surface area contributed by atoms with Crippen molar-refractivity contribution in [1.29, 1.82) is 0 Å². The second-order valence-corrected chi connectivity index (χ2v) is 7.49. The lowest BCUT2D eigenvalue weighted by Crippen LogP contribution is -2.42. The summed E-state index contributed by atoms with van der Waals surface area (Å²) >= 11 is 0. The number of fused-ring (bicyclic) bond motifs is 1. The maximum absolute atomic E-state index is 12.9. The molecule has 25 heavy (non-hydrogen) atoms. The van der Waals surface area contributed by atoms with Crippen molar-refractivity contribution in [1.82, 2.24) is 9.88 Å². The number of pyridine rings is 1. The second-order valence-electron chi connectivity index (χ2n) is 7.49. The van der Waals surface area contributed by atoms with Crippen LogP contribution in [-0.2, 0) is 14.3 Å². The number of anilines is 1. The predicted octanol–water partition coefficient (Wildman–Crippen LogP) is 1.70. The van der Waals surface area contributed by atoms with Gasteiger partial charge in [0, 0.05) is 38.5 Å². The zero-order valence-electron chi connectivity index (χ0n) is 14.8. The van der Waals surface area contributed by atoms with Crippen LogP contribution in [0.2, 0.25) is 0 Å². The monoisotopic (exact) mass is 345 g/mol. The van der Waals surface area contributed by atoms with Crippen molar-refractivity contribution < 1.29 is 14.3 Å². The van der Waals surface area contributed by atoms with Crippen LogP contribution in [-0.4, -0.2) is 61.3 Å². The summed E-state index contributed by atoms with van der Waals surface area (Å²) in [5.41, 5.74) is 1.65. The number of ether oxygens (including phenoxy) is 2. The van der Waals surface area contributed by atoms with Crippen LogP contribution in [0.1, 0.15) is 18.5 Å². The summed E-state index contributed by atoms with van der Waals surface area (Å²) in [5.74, 6) is 0.832. The van der Waals surface area contributed by atoms with Crippen LogP contribution in [0.3, 0.4) is 0 Å². The smallest absolute Gasteiger partial charge is 0.230 e. The topological polar surface area (TPSA) is 63.7 Å². The molecule has 3 saturated heterocycles. The first-order valence-electron chi connectivity index (χ1n) is 9.34. The van der Waals surface area contributed by atoms with E-state index in [1.807, 2.05) is 19.1 Å². The van der Waals surface area contributed by atoms with Gasteiger partial charge in [0.05, 0.1) is 30.5 Å². The van der Waals surface area contributed by atoms with E-state index in [-0.39, 0.29) is 11.8 Å². The Balaban J connectivity index is 1.43. The molecular formula is C19H27N3O3. The van der Waals surface area contributed by atoms with Crippen LogP contribution in [0, 0.1) is 24.7 Å². The van der Waals surface area contributed by atoms with Crippen LogP contribution in [0.25, 0.3) is 0 Å². The van der Waals surface area contributed by atoms with Gasteiger partial charge < -0.3 is 14.8 Å². The highest BCUT2D eigenvalue weighted by molar-refractivity contribution is 5.93. The molecule has 1 N–H and O–H groups in total. The molecule has 0 aliphatic carbocycles. The van der Waals surface area contributed by atoms with E-state index in [1.54, 1.807) is 6.20 Å². The molecule has 0 unspecified atom stereocenters. The van der Waals surface area contributed by atoms with Gasteiger partial charge in [-0.3, -0.25) is 14.7 Å². The largest absolute Gasteiger partial charge is 0.381 e. The third kappa shape index (κ3) is 3.57. The summed E-state index contributed by atoms with van der Waals surface area (Å²) in [7, 11) is 0. The minimum Gasteiger partial charge on any atom is -0.381 e. The Hall–Kier alpha value is -1.50. The minimum atomic E-state index is -0.0804. The quantitative estimate of drug-likeness (QED) is 0.903. The van der Waals surface area contributed by atoms with Gasteiger partial charge in [-0.25, -0.2) is 0 Å². The van der Waals surface area contributed by atoms with Crippen LogP contribution in [0.5, 0.6) is 0 Å². The molecule has 6 heteroatoms. The molecule has 3 atom stereocenters. The lowest BCUT2D eigenvalue weighted by molar-refractivity contribution is -0.128. The summed E-state index contributed by atoms with van der Waals surface area (Å²) in [5, 5.41) is 3.07. The number of hydrogen-bond donors (Lipinski definition) is 1. The zero-order chi connectivity index (χ0) is 17.2. The van der Waals surface area contributed by atoms with Crippen molar-refractivity contribution in [3.05, 3.63) is 24.0 Å². The van der Waals surface area contributed by atoms with Crippen molar-refractivity contribution in [2.75, 3.05) is 44.8 Å². The van der Waals surface area contributed by atoms with Gasteiger partial charge in [0.15, 0.2) is 0 Å². The van der Waals surface area contributed by atoms with Gasteiger partial charge in [-0.15, -0.1) is 0 Å². The number of rotatable bonds is 3. The molecule has 3 aliphatic heterocycles. The summed E-state index contributed by atoms with van der Waals surface area (Å²) in [6.45, 7) is 6.98. The van der Waals surface area contributed by atoms with Crippen LogP contribution >= 0.6 is 0 Å². The van der Waals surface area contributed by atoms with Crippen molar-refractivity contribution in [3.8, 4) is 0 Å². The Morgan fingerprint density at radius 3 is 2.88 bits per heavy atom. The molecule has 1 aromatic heterocycles. The number of carbonyl (C=O) groups excluding carboxylic acids is 1. The highest BCUT2D eigenvalue weighted by Gasteiger charge is 2.45.